The van der Waals surface area contributed by atoms with E-state index in [2.05, 4.69) is 0 Å². The fourth-order valence-corrected chi connectivity index (χ4v) is 2.95. The van der Waals surface area contributed by atoms with Crippen molar-refractivity contribution in [3.8, 4) is 11.5 Å². The maximum atomic E-state index is 12.7. The highest BCUT2D eigenvalue weighted by Gasteiger charge is 2.22. The average molecular weight is 561 g/mol. The van der Waals surface area contributed by atoms with Crippen LogP contribution < -0.4 is 9.47 Å². The first kappa shape index (κ1) is 31.7. The summed E-state index contributed by atoms with van der Waals surface area (Å²) in [6, 6.07) is 12.2. The van der Waals surface area contributed by atoms with Crippen molar-refractivity contribution < 1.29 is 47.9 Å². The van der Waals surface area contributed by atoms with Crippen molar-refractivity contribution in [3.63, 3.8) is 0 Å². The molecule has 0 aliphatic rings. The molecule has 0 spiro atoms. The van der Waals surface area contributed by atoms with E-state index in [1.807, 2.05) is 13.8 Å². The molecule has 12 heteroatoms. The van der Waals surface area contributed by atoms with Gasteiger partial charge in [0.1, 0.15) is 22.6 Å². The van der Waals surface area contributed by atoms with Crippen LogP contribution in [0.2, 0.25) is 0 Å². The van der Waals surface area contributed by atoms with Crippen molar-refractivity contribution in [2.24, 2.45) is 0 Å². The summed E-state index contributed by atoms with van der Waals surface area (Å²) in [7, 11) is 2.98. The standard InChI is InChI=1S/C28H36N2O10/c1-5-7-17-35-27(33)29(3)19-37-23-15-11-9-13-21(23)25(31)39-40-26(32)22-14-10-12-16-24(22)38-20-30(4)28(34)36-18-8-6-2/h9-16H,5-8,17-20H2,1-4H3. The number of unbranched alkanes of at least 4 members (excludes halogenated alkanes) is 2. The molecule has 0 saturated carbocycles. The van der Waals surface area contributed by atoms with Crippen LogP contribution in [0.1, 0.15) is 60.2 Å². The van der Waals surface area contributed by atoms with Crippen LogP contribution in [0.4, 0.5) is 9.59 Å². The van der Waals surface area contributed by atoms with Crippen molar-refractivity contribution in [3.05, 3.63) is 59.7 Å². The Hall–Kier alpha value is -4.48. The molecule has 40 heavy (non-hydrogen) atoms. The Kier molecular flexibility index (Phi) is 13.6. The molecular formula is C28H36N2O10. The fourth-order valence-electron chi connectivity index (χ4n) is 2.95. The van der Waals surface area contributed by atoms with Gasteiger partial charge in [0.25, 0.3) is 0 Å². The number of hydrogen-bond donors (Lipinski definition) is 0. The number of carbonyl (C=O) groups is 4. The fraction of sp³-hybridized carbons (Fsp3) is 0.429. The van der Waals surface area contributed by atoms with Crippen molar-refractivity contribution >= 4 is 24.1 Å². The summed E-state index contributed by atoms with van der Waals surface area (Å²) in [4.78, 5) is 61.3. The van der Waals surface area contributed by atoms with Crippen molar-refractivity contribution in [2.75, 3.05) is 40.8 Å². The number of para-hydroxylation sites is 2. The minimum absolute atomic E-state index is 0.0317. The van der Waals surface area contributed by atoms with Crippen LogP contribution in [0.25, 0.3) is 0 Å². The maximum Gasteiger partial charge on any atom is 0.412 e. The number of amides is 2. The van der Waals surface area contributed by atoms with Gasteiger partial charge in [0.2, 0.25) is 0 Å². The monoisotopic (exact) mass is 560 g/mol. The summed E-state index contributed by atoms with van der Waals surface area (Å²) in [6.45, 7) is 4.17. The molecule has 0 bridgehead atoms. The van der Waals surface area contributed by atoms with Crippen LogP contribution in [-0.2, 0) is 19.2 Å². The highest BCUT2D eigenvalue weighted by molar-refractivity contribution is 5.95. The van der Waals surface area contributed by atoms with E-state index in [1.54, 1.807) is 24.3 Å². The number of nitrogens with zero attached hydrogens (tertiary/aromatic N) is 2. The van der Waals surface area contributed by atoms with Crippen LogP contribution in [0.3, 0.4) is 0 Å². The smallest absolute Gasteiger partial charge is 0.412 e. The van der Waals surface area contributed by atoms with Gasteiger partial charge in [0.15, 0.2) is 13.5 Å². The van der Waals surface area contributed by atoms with Gasteiger partial charge in [-0.1, -0.05) is 51.0 Å². The largest absolute Gasteiger partial charge is 0.472 e. The van der Waals surface area contributed by atoms with Crippen molar-refractivity contribution in [1.82, 2.24) is 9.80 Å². The van der Waals surface area contributed by atoms with Gasteiger partial charge in [-0.15, -0.1) is 0 Å². The summed E-state index contributed by atoms with van der Waals surface area (Å²) in [5.74, 6) is -1.78. The van der Waals surface area contributed by atoms with E-state index in [0.717, 1.165) is 25.7 Å². The van der Waals surface area contributed by atoms with E-state index >= 15 is 0 Å². The number of hydrogen-bond acceptors (Lipinski definition) is 10. The number of carbonyl (C=O) groups excluding carboxylic acids is 4. The zero-order valence-electron chi connectivity index (χ0n) is 23.3. The molecular weight excluding hydrogens is 524 g/mol. The minimum Gasteiger partial charge on any atom is -0.472 e. The van der Waals surface area contributed by atoms with E-state index in [0.29, 0.717) is 13.2 Å². The van der Waals surface area contributed by atoms with Gasteiger partial charge in [-0.3, -0.25) is 9.80 Å². The third-order valence-corrected chi connectivity index (χ3v) is 5.30. The zero-order valence-corrected chi connectivity index (χ0v) is 23.3. The van der Waals surface area contributed by atoms with E-state index in [1.165, 1.54) is 48.2 Å². The highest BCUT2D eigenvalue weighted by Crippen LogP contribution is 2.22. The maximum absolute atomic E-state index is 12.7. The first-order valence-corrected chi connectivity index (χ1v) is 12.9. The second-order valence-corrected chi connectivity index (χ2v) is 8.61. The topological polar surface area (TPSA) is 130 Å². The van der Waals surface area contributed by atoms with Crippen LogP contribution >= 0.6 is 0 Å². The van der Waals surface area contributed by atoms with Crippen molar-refractivity contribution in [2.45, 2.75) is 39.5 Å². The van der Waals surface area contributed by atoms with Crippen LogP contribution in [-0.4, -0.2) is 74.7 Å². The Bertz CT molecular complexity index is 1040. The third-order valence-electron chi connectivity index (χ3n) is 5.30. The van der Waals surface area contributed by atoms with Gasteiger partial charge in [0.05, 0.1) is 13.2 Å². The summed E-state index contributed by atoms with van der Waals surface area (Å²) >= 11 is 0. The lowest BCUT2D eigenvalue weighted by Gasteiger charge is -2.19. The summed E-state index contributed by atoms with van der Waals surface area (Å²) < 4.78 is 21.4. The first-order chi connectivity index (χ1) is 19.3. The number of benzene rings is 2. The summed E-state index contributed by atoms with van der Waals surface area (Å²) in [6.07, 6.45) is 2.13. The molecule has 0 unspecified atom stereocenters. The molecule has 0 fully saturated rings. The van der Waals surface area contributed by atoms with Gasteiger partial charge < -0.3 is 18.9 Å². The molecule has 2 rings (SSSR count). The molecule has 0 aromatic heterocycles. The Labute approximate surface area is 233 Å². The summed E-state index contributed by atoms with van der Waals surface area (Å²) in [5.41, 5.74) is -0.0633. The van der Waals surface area contributed by atoms with E-state index in [-0.39, 0.29) is 36.1 Å². The van der Waals surface area contributed by atoms with Gasteiger partial charge in [-0.2, -0.15) is 0 Å². The van der Waals surface area contributed by atoms with Crippen LogP contribution in [0, 0.1) is 0 Å². The second-order valence-electron chi connectivity index (χ2n) is 8.61. The lowest BCUT2D eigenvalue weighted by molar-refractivity contribution is -0.187. The average Bonchev–Trinajstić information content (AvgIpc) is 2.97. The molecule has 0 aliphatic heterocycles. The number of rotatable bonds is 14. The van der Waals surface area contributed by atoms with E-state index < -0.39 is 24.1 Å². The molecule has 218 valence electrons. The lowest BCUT2D eigenvalue weighted by atomic mass is 10.2. The van der Waals surface area contributed by atoms with Gasteiger partial charge in [0, 0.05) is 14.1 Å². The first-order valence-electron chi connectivity index (χ1n) is 12.9. The number of ether oxygens (including phenoxy) is 4. The predicted molar refractivity (Wildman–Crippen MR) is 143 cm³/mol. The molecule has 0 atom stereocenters. The highest BCUT2D eigenvalue weighted by atomic mass is 17.2. The van der Waals surface area contributed by atoms with E-state index in [9.17, 15) is 19.2 Å². The third kappa shape index (κ3) is 10.4. The van der Waals surface area contributed by atoms with Gasteiger partial charge >= 0.3 is 24.1 Å². The van der Waals surface area contributed by atoms with Crippen molar-refractivity contribution in [1.29, 1.82) is 0 Å². The van der Waals surface area contributed by atoms with Crippen LogP contribution in [0.15, 0.2) is 48.5 Å². The molecule has 0 radical (unpaired) electrons. The molecule has 0 N–H and O–H groups in total. The Morgan fingerprint density at radius 1 is 0.625 bits per heavy atom. The normalized spacial score (nSPS) is 10.2. The predicted octanol–water partition coefficient (Wildman–Crippen LogP) is 5.03. The van der Waals surface area contributed by atoms with Gasteiger partial charge in [-0.25, -0.2) is 29.0 Å². The molecule has 2 amide bonds. The van der Waals surface area contributed by atoms with Gasteiger partial charge in [-0.05, 0) is 37.1 Å². The molecule has 12 nitrogen and oxygen atoms in total. The quantitative estimate of drug-likeness (QED) is 0.134. The summed E-state index contributed by atoms with van der Waals surface area (Å²) in [5, 5.41) is 0. The molecule has 0 heterocycles. The second kappa shape index (κ2) is 17.2. The zero-order chi connectivity index (χ0) is 29.3. The molecule has 0 aliphatic carbocycles. The molecule has 2 aromatic rings. The Morgan fingerprint density at radius 3 is 1.38 bits per heavy atom. The Balaban J connectivity index is 1.94. The lowest BCUT2D eigenvalue weighted by Crippen LogP contribution is -2.31. The SMILES string of the molecule is CCCCOC(=O)N(C)COc1ccccc1C(=O)OOC(=O)c1ccccc1OCN(C)C(=O)OCCCC. The van der Waals surface area contributed by atoms with Crippen LogP contribution in [0.5, 0.6) is 11.5 Å². The minimum atomic E-state index is -0.995. The molecule has 0 saturated heterocycles. The Morgan fingerprint density at radius 2 is 1.00 bits per heavy atom. The van der Waals surface area contributed by atoms with E-state index in [4.69, 9.17) is 28.7 Å². The molecule has 2 aromatic carbocycles.